The molecule has 8 heteroatoms. The summed E-state index contributed by atoms with van der Waals surface area (Å²) in [6, 6.07) is 4.67. The number of hydrogen-bond acceptors (Lipinski definition) is 5. The fourth-order valence-electron chi connectivity index (χ4n) is 3.30. The Morgan fingerprint density at radius 2 is 2.14 bits per heavy atom. The number of anilines is 1. The zero-order valence-electron chi connectivity index (χ0n) is 16.0. The second-order valence-electron chi connectivity index (χ2n) is 7.18. The summed E-state index contributed by atoms with van der Waals surface area (Å²) >= 11 is 1.34. The van der Waals surface area contributed by atoms with Gasteiger partial charge < -0.3 is 10.6 Å². The van der Waals surface area contributed by atoms with Crippen LogP contribution in [0.25, 0.3) is 0 Å². The van der Waals surface area contributed by atoms with E-state index >= 15 is 0 Å². The van der Waals surface area contributed by atoms with Gasteiger partial charge >= 0.3 is 0 Å². The molecule has 1 aromatic rings. The molecule has 28 heavy (non-hydrogen) atoms. The van der Waals surface area contributed by atoms with Crippen LogP contribution in [-0.2, 0) is 19.4 Å². The highest BCUT2D eigenvalue weighted by Crippen LogP contribution is 2.37. The summed E-state index contributed by atoms with van der Waals surface area (Å²) < 4.78 is 25.2. The van der Waals surface area contributed by atoms with Crippen molar-refractivity contribution in [2.75, 3.05) is 17.6 Å². The molecule has 3 rings (SSSR count). The van der Waals surface area contributed by atoms with Gasteiger partial charge in [-0.1, -0.05) is 11.6 Å². The number of rotatable bonds is 7. The summed E-state index contributed by atoms with van der Waals surface area (Å²) in [6.07, 6.45) is 7.68. The topological polar surface area (TPSA) is 92.3 Å². The zero-order chi connectivity index (χ0) is 20.1. The van der Waals surface area contributed by atoms with Crippen molar-refractivity contribution < 1.29 is 18.0 Å². The number of carbonyl (C=O) groups is 2. The molecule has 0 saturated carbocycles. The molecule has 152 valence electrons. The average Bonchev–Trinajstić information content (AvgIpc) is 2.68. The van der Waals surface area contributed by atoms with Gasteiger partial charge in [-0.15, -0.1) is 11.8 Å². The van der Waals surface area contributed by atoms with Crippen molar-refractivity contribution in [3.05, 3.63) is 29.8 Å². The molecule has 0 saturated heterocycles. The molecular weight excluding hydrogens is 396 g/mol. The van der Waals surface area contributed by atoms with Crippen molar-refractivity contribution in [1.82, 2.24) is 5.32 Å². The van der Waals surface area contributed by atoms with E-state index in [0.717, 1.165) is 24.2 Å². The first-order chi connectivity index (χ1) is 13.3. The van der Waals surface area contributed by atoms with Crippen molar-refractivity contribution in [2.45, 2.75) is 60.5 Å². The second kappa shape index (κ2) is 9.13. The molecule has 1 atom stereocenters. The third kappa shape index (κ3) is 5.38. The van der Waals surface area contributed by atoms with E-state index in [0.29, 0.717) is 12.2 Å². The standard InChI is InChI=1S/C20H26N2O4S2/c1-14-20(24)22-17-8-7-16(13-18(17)27-14)28(25,26)12-10-19(23)21-11-9-15-5-3-2-4-6-15/h5,7-8,13-14H,2-4,6,9-12H2,1H3,(H,21,23)(H,22,24). The SMILES string of the molecule is CC1Sc2cc(S(=O)(=O)CCC(=O)NCCC3=CCCCC3)ccc2NC1=O. The molecule has 1 heterocycles. The Kier molecular flexibility index (Phi) is 6.82. The average molecular weight is 423 g/mol. The van der Waals surface area contributed by atoms with E-state index in [9.17, 15) is 18.0 Å². The normalized spacial score (nSPS) is 19.4. The van der Waals surface area contributed by atoms with Crippen LogP contribution < -0.4 is 10.6 Å². The molecule has 0 bridgehead atoms. The number of thioether (sulfide) groups is 1. The molecule has 1 unspecified atom stereocenters. The molecule has 1 aliphatic carbocycles. The van der Waals surface area contributed by atoms with Gasteiger partial charge in [-0.05, 0) is 57.2 Å². The van der Waals surface area contributed by atoms with Crippen LogP contribution in [0, 0.1) is 0 Å². The van der Waals surface area contributed by atoms with E-state index in [1.54, 1.807) is 19.1 Å². The summed E-state index contributed by atoms with van der Waals surface area (Å²) in [5, 5.41) is 5.32. The number of carbonyl (C=O) groups excluding carboxylic acids is 2. The third-order valence-electron chi connectivity index (χ3n) is 4.99. The van der Waals surface area contributed by atoms with Crippen LogP contribution in [0.4, 0.5) is 5.69 Å². The Morgan fingerprint density at radius 3 is 2.89 bits per heavy atom. The van der Waals surface area contributed by atoms with Gasteiger partial charge in [-0.3, -0.25) is 9.59 Å². The van der Waals surface area contributed by atoms with Gasteiger partial charge in [0, 0.05) is 17.9 Å². The lowest BCUT2D eigenvalue weighted by molar-refractivity contribution is -0.120. The van der Waals surface area contributed by atoms with Crippen LogP contribution in [0.2, 0.25) is 0 Å². The molecule has 2 N–H and O–H groups in total. The Hall–Kier alpha value is -1.80. The number of allylic oxidation sites excluding steroid dienone is 1. The van der Waals surface area contributed by atoms with Crippen molar-refractivity contribution in [3.63, 3.8) is 0 Å². The Bertz CT molecular complexity index is 893. The summed E-state index contributed by atoms with van der Waals surface area (Å²) in [5.41, 5.74) is 2.01. The number of sulfone groups is 1. The first-order valence-corrected chi connectivity index (χ1v) is 12.2. The highest BCUT2D eigenvalue weighted by Gasteiger charge is 2.25. The predicted octanol–water partition coefficient (Wildman–Crippen LogP) is 3.29. The van der Waals surface area contributed by atoms with Crippen LogP contribution in [0.1, 0.15) is 45.4 Å². The van der Waals surface area contributed by atoms with Crippen LogP contribution >= 0.6 is 11.8 Å². The quantitative estimate of drug-likeness (QED) is 0.658. The van der Waals surface area contributed by atoms with Crippen LogP contribution in [-0.4, -0.2) is 37.8 Å². The lowest BCUT2D eigenvalue weighted by Crippen LogP contribution is -2.27. The van der Waals surface area contributed by atoms with Crippen LogP contribution in [0.5, 0.6) is 0 Å². The number of fused-ring (bicyclic) bond motifs is 1. The first-order valence-electron chi connectivity index (χ1n) is 9.64. The molecule has 0 radical (unpaired) electrons. The Balaban J connectivity index is 1.52. The summed E-state index contributed by atoms with van der Waals surface area (Å²) in [4.78, 5) is 24.7. The maximum Gasteiger partial charge on any atom is 0.237 e. The van der Waals surface area contributed by atoms with Gasteiger partial charge in [0.25, 0.3) is 0 Å². The highest BCUT2D eigenvalue weighted by atomic mass is 32.2. The third-order valence-corrected chi connectivity index (χ3v) is 7.87. The number of hydrogen-bond donors (Lipinski definition) is 2. The highest BCUT2D eigenvalue weighted by molar-refractivity contribution is 8.01. The van der Waals surface area contributed by atoms with Gasteiger partial charge in [0.2, 0.25) is 11.8 Å². The van der Waals surface area contributed by atoms with Gasteiger partial charge in [0.05, 0.1) is 21.6 Å². The lowest BCUT2D eigenvalue weighted by atomic mass is 9.97. The van der Waals surface area contributed by atoms with Crippen molar-refractivity contribution in [3.8, 4) is 0 Å². The lowest BCUT2D eigenvalue weighted by Gasteiger charge is -2.21. The van der Waals surface area contributed by atoms with E-state index in [1.165, 1.54) is 36.2 Å². The molecule has 2 amide bonds. The van der Waals surface area contributed by atoms with Crippen LogP contribution in [0.3, 0.4) is 0 Å². The molecular formula is C20H26N2O4S2. The maximum absolute atomic E-state index is 12.6. The minimum atomic E-state index is -3.56. The molecule has 2 aliphatic rings. The van der Waals surface area contributed by atoms with Gasteiger partial charge in [-0.2, -0.15) is 0 Å². The van der Waals surface area contributed by atoms with Crippen molar-refractivity contribution in [2.24, 2.45) is 0 Å². The fourth-order valence-corrected chi connectivity index (χ4v) is 5.63. The largest absolute Gasteiger partial charge is 0.356 e. The molecule has 0 aromatic heterocycles. The Morgan fingerprint density at radius 1 is 1.32 bits per heavy atom. The van der Waals surface area contributed by atoms with E-state index in [1.807, 2.05) is 0 Å². The summed E-state index contributed by atoms with van der Waals surface area (Å²) in [7, 11) is -3.56. The smallest absolute Gasteiger partial charge is 0.237 e. The minimum Gasteiger partial charge on any atom is -0.356 e. The van der Waals surface area contributed by atoms with Crippen molar-refractivity contribution in [1.29, 1.82) is 0 Å². The summed E-state index contributed by atoms with van der Waals surface area (Å²) in [5.74, 6) is -0.561. The maximum atomic E-state index is 12.6. The molecule has 1 aliphatic heterocycles. The molecule has 0 fully saturated rings. The number of amides is 2. The first kappa shape index (κ1) is 20.9. The van der Waals surface area contributed by atoms with Crippen molar-refractivity contribution >= 4 is 39.1 Å². The van der Waals surface area contributed by atoms with E-state index in [2.05, 4.69) is 16.7 Å². The Labute approximate surface area is 170 Å². The zero-order valence-corrected chi connectivity index (χ0v) is 17.6. The monoisotopic (exact) mass is 422 g/mol. The van der Waals surface area contributed by atoms with E-state index < -0.39 is 9.84 Å². The van der Waals surface area contributed by atoms with E-state index in [4.69, 9.17) is 0 Å². The summed E-state index contributed by atoms with van der Waals surface area (Å²) in [6.45, 7) is 2.33. The van der Waals surface area contributed by atoms with Gasteiger partial charge in [0.15, 0.2) is 9.84 Å². The van der Waals surface area contributed by atoms with Gasteiger partial charge in [-0.25, -0.2) is 8.42 Å². The molecule has 6 nitrogen and oxygen atoms in total. The van der Waals surface area contributed by atoms with E-state index in [-0.39, 0.29) is 34.1 Å². The molecule has 0 spiro atoms. The number of nitrogens with one attached hydrogen (secondary N) is 2. The fraction of sp³-hybridized carbons (Fsp3) is 0.500. The van der Waals surface area contributed by atoms with Crippen LogP contribution in [0.15, 0.2) is 39.6 Å². The predicted molar refractivity (Wildman–Crippen MR) is 111 cm³/mol. The second-order valence-corrected chi connectivity index (χ2v) is 10.7. The minimum absolute atomic E-state index is 0.0568. The molecule has 1 aromatic carbocycles. The van der Waals surface area contributed by atoms with Gasteiger partial charge in [0.1, 0.15) is 0 Å². The number of benzene rings is 1.